The van der Waals surface area contributed by atoms with Crippen LogP contribution in [0, 0.1) is 23.7 Å². The van der Waals surface area contributed by atoms with Crippen molar-refractivity contribution in [3.8, 4) is 0 Å². The largest absolute Gasteiger partial charge is 0.481 e. The van der Waals surface area contributed by atoms with Gasteiger partial charge < -0.3 is 5.11 Å². The predicted octanol–water partition coefficient (Wildman–Crippen LogP) is 3.34. The molecule has 0 spiro atoms. The van der Waals surface area contributed by atoms with Crippen LogP contribution in [0.5, 0.6) is 0 Å². The van der Waals surface area contributed by atoms with E-state index in [1.165, 1.54) is 5.57 Å². The summed E-state index contributed by atoms with van der Waals surface area (Å²) >= 11 is 0. The van der Waals surface area contributed by atoms with Gasteiger partial charge in [-0.3, -0.25) is 10.1 Å². The molecule has 0 radical (unpaired) electrons. The minimum Gasteiger partial charge on any atom is -0.481 e. The number of hydrogen-bond acceptors (Lipinski definition) is 3. The van der Waals surface area contributed by atoms with E-state index in [0.29, 0.717) is 11.8 Å². The van der Waals surface area contributed by atoms with E-state index < -0.39 is 11.6 Å². The molecule has 0 bridgehead atoms. The molecule has 1 saturated carbocycles. The third-order valence-corrected chi connectivity index (χ3v) is 5.10. The summed E-state index contributed by atoms with van der Waals surface area (Å²) in [5, 5.41) is 18.3. The first-order valence-corrected chi connectivity index (χ1v) is 7.16. The van der Waals surface area contributed by atoms with Crippen molar-refractivity contribution in [2.24, 2.45) is 23.7 Å². The van der Waals surface area contributed by atoms with E-state index >= 15 is 0 Å². The van der Waals surface area contributed by atoms with E-state index in [2.05, 4.69) is 11.8 Å². The van der Waals surface area contributed by atoms with Crippen molar-refractivity contribution in [2.75, 3.05) is 0 Å². The van der Waals surface area contributed by atoms with Gasteiger partial charge in [-0.2, -0.15) is 0 Å². The van der Waals surface area contributed by atoms with Crippen molar-refractivity contribution < 1.29 is 20.0 Å². The molecule has 0 amide bonds. The Hall–Kier alpha value is -0.870. The van der Waals surface area contributed by atoms with E-state index in [4.69, 9.17) is 5.26 Å². The molecular weight excluding hydrogens is 244 g/mol. The van der Waals surface area contributed by atoms with Crippen molar-refractivity contribution in [1.29, 1.82) is 0 Å². The Balaban J connectivity index is 2.33. The van der Waals surface area contributed by atoms with E-state index in [9.17, 15) is 9.90 Å². The number of carboxylic acid groups (broad SMARTS) is 1. The topological polar surface area (TPSA) is 66.8 Å². The predicted molar refractivity (Wildman–Crippen MR) is 71.6 cm³/mol. The maximum Gasteiger partial charge on any atom is 0.306 e. The Morgan fingerprint density at radius 2 is 2.16 bits per heavy atom. The number of aliphatic carboxylic acids is 1. The van der Waals surface area contributed by atoms with Crippen LogP contribution >= 0.6 is 0 Å². The molecule has 1 fully saturated rings. The lowest BCUT2D eigenvalue weighted by molar-refractivity contribution is -0.306. The normalized spacial score (nSPS) is 40.2. The van der Waals surface area contributed by atoms with E-state index in [1.807, 2.05) is 13.0 Å². The van der Waals surface area contributed by atoms with Crippen LogP contribution in [0.25, 0.3) is 0 Å². The van der Waals surface area contributed by atoms with Crippen molar-refractivity contribution in [2.45, 2.75) is 52.1 Å². The Labute approximate surface area is 114 Å². The van der Waals surface area contributed by atoms with Crippen LogP contribution in [0.15, 0.2) is 11.6 Å². The average molecular weight is 268 g/mol. The molecule has 108 valence electrons. The van der Waals surface area contributed by atoms with Gasteiger partial charge in [-0.05, 0) is 50.4 Å². The maximum atomic E-state index is 11.3. The number of allylic oxidation sites excluding steroid dienone is 1. The summed E-state index contributed by atoms with van der Waals surface area (Å²) in [6.45, 7) is 5.88. The molecule has 4 heteroatoms. The number of hydrogen-bond donors (Lipinski definition) is 2. The zero-order valence-corrected chi connectivity index (χ0v) is 11.9. The number of carboxylic acids is 1. The van der Waals surface area contributed by atoms with Gasteiger partial charge in [-0.25, -0.2) is 4.89 Å². The van der Waals surface area contributed by atoms with Crippen LogP contribution in [0.1, 0.15) is 46.5 Å². The number of carbonyl (C=O) groups is 1. The van der Waals surface area contributed by atoms with Crippen molar-refractivity contribution in [1.82, 2.24) is 0 Å². The lowest BCUT2D eigenvalue weighted by Gasteiger charge is -2.44. The van der Waals surface area contributed by atoms with Gasteiger partial charge in [0.2, 0.25) is 0 Å². The molecule has 0 aromatic carbocycles. The van der Waals surface area contributed by atoms with Crippen LogP contribution < -0.4 is 0 Å². The van der Waals surface area contributed by atoms with Gasteiger partial charge in [0.05, 0.1) is 5.92 Å². The fourth-order valence-corrected chi connectivity index (χ4v) is 3.73. The Morgan fingerprint density at radius 1 is 1.47 bits per heavy atom. The zero-order valence-electron chi connectivity index (χ0n) is 11.9. The minimum absolute atomic E-state index is 0.0773. The van der Waals surface area contributed by atoms with Gasteiger partial charge in [0.1, 0.15) is 5.60 Å². The molecule has 0 saturated heterocycles. The molecular formula is C15H24O4. The summed E-state index contributed by atoms with van der Waals surface area (Å²) in [6.07, 6.45) is 5.74. The summed E-state index contributed by atoms with van der Waals surface area (Å²) in [4.78, 5) is 15.9. The molecule has 0 aromatic rings. The monoisotopic (exact) mass is 268 g/mol. The van der Waals surface area contributed by atoms with Crippen LogP contribution in [0.4, 0.5) is 0 Å². The van der Waals surface area contributed by atoms with Crippen molar-refractivity contribution in [3.05, 3.63) is 11.6 Å². The van der Waals surface area contributed by atoms with Gasteiger partial charge in [0, 0.05) is 0 Å². The van der Waals surface area contributed by atoms with Crippen LogP contribution in [-0.4, -0.2) is 21.9 Å². The minimum atomic E-state index is -0.739. The first kappa shape index (κ1) is 14.5. The molecule has 2 aliphatic rings. The number of rotatable bonds is 3. The summed E-state index contributed by atoms with van der Waals surface area (Å²) < 4.78 is 0. The van der Waals surface area contributed by atoms with E-state index in [1.54, 1.807) is 6.92 Å². The molecule has 5 atom stereocenters. The molecule has 0 heterocycles. The third-order valence-electron chi connectivity index (χ3n) is 5.10. The van der Waals surface area contributed by atoms with Crippen molar-refractivity contribution in [3.63, 3.8) is 0 Å². The summed E-state index contributed by atoms with van der Waals surface area (Å²) in [7, 11) is 0. The highest BCUT2D eigenvalue weighted by atomic mass is 17.1. The van der Waals surface area contributed by atoms with E-state index in [-0.39, 0.29) is 11.8 Å². The highest BCUT2D eigenvalue weighted by Crippen LogP contribution is 2.48. The highest BCUT2D eigenvalue weighted by molar-refractivity contribution is 5.70. The molecule has 0 aromatic heterocycles. The molecule has 2 N–H and O–H groups in total. The summed E-state index contributed by atoms with van der Waals surface area (Å²) in [5.41, 5.74) is 0.538. The fraction of sp³-hybridized carbons (Fsp3) is 0.800. The second kappa shape index (κ2) is 5.25. The third kappa shape index (κ3) is 2.70. The van der Waals surface area contributed by atoms with Crippen LogP contribution in [-0.2, 0) is 9.68 Å². The summed E-state index contributed by atoms with van der Waals surface area (Å²) in [5.74, 6) is 0.00248. The second-order valence-corrected chi connectivity index (χ2v) is 6.48. The molecule has 0 aliphatic heterocycles. The Morgan fingerprint density at radius 3 is 2.74 bits per heavy atom. The zero-order chi connectivity index (χ0) is 14.2. The van der Waals surface area contributed by atoms with Gasteiger partial charge in [0.25, 0.3) is 0 Å². The van der Waals surface area contributed by atoms with Crippen molar-refractivity contribution >= 4 is 5.97 Å². The lowest BCUT2D eigenvalue weighted by atomic mass is 9.62. The Bertz CT molecular complexity index is 390. The van der Waals surface area contributed by atoms with E-state index in [0.717, 1.165) is 25.7 Å². The molecule has 4 nitrogen and oxygen atoms in total. The first-order chi connectivity index (χ1) is 8.88. The number of fused-ring (bicyclic) bond motifs is 1. The Kier molecular flexibility index (Phi) is 4.02. The highest BCUT2D eigenvalue weighted by Gasteiger charge is 2.42. The average Bonchev–Trinajstić information content (AvgIpc) is 2.38. The van der Waals surface area contributed by atoms with Gasteiger partial charge in [-0.15, -0.1) is 0 Å². The SMILES string of the molecule is C[C@@H]1CC[C@@H]([C@@H](C)C(=O)O)C2=C[C@](C)(OO)CC[C@H]21. The standard InChI is InChI=1S/C15H24O4/c1-9-4-5-12(10(2)14(16)17)13-8-15(3,19-18)7-6-11(9)13/h8-12,18H,4-7H2,1-3H3,(H,16,17)/t9-,10-,11+,12+,15-/m1/s1. The smallest absolute Gasteiger partial charge is 0.306 e. The van der Waals surface area contributed by atoms with Gasteiger partial charge in [-0.1, -0.05) is 25.5 Å². The first-order valence-electron chi connectivity index (χ1n) is 7.16. The van der Waals surface area contributed by atoms with Gasteiger partial charge in [0.15, 0.2) is 0 Å². The summed E-state index contributed by atoms with van der Waals surface area (Å²) in [6, 6.07) is 0. The van der Waals surface area contributed by atoms with Gasteiger partial charge >= 0.3 is 5.97 Å². The quantitative estimate of drug-likeness (QED) is 0.468. The lowest BCUT2D eigenvalue weighted by Crippen LogP contribution is -2.39. The van der Waals surface area contributed by atoms with Crippen LogP contribution in [0.2, 0.25) is 0 Å². The van der Waals surface area contributed by atoms with Crippen LogP contribution in [0.3, 0.4) is 0 Å². The molecule has 19 heavy (non-hydrogen) atoms. The fourth-order valence-electron chi connectivity index (χ4n) is 3.73. The molecule has 0 unspecified atom stereocenters. The second-order valence-electron chi connectivity index (χ2n) is 6.48. The molecule has 2 aliphatic carbocycles. The molecule has 2 rings (SSSR count). The maximum absolute atomic E-state index is 11.3.